The topological polar surface area (TPSA) is 56.1 Å². The minimum atomic E-state index is -0.323. The molecule has 1 aromatic rings. The second kappa shape index (κ2) is 3.56. The van der Waals surface area contributed by atoms with Crippen molar-refractivity contribution in [1.29, 1.82) is 0 Å². The molecular formula is C10H15N3O2. The Bertz CT molecular complexity index is 398. The van der Waals surface area contributed by atoms with Crippen molar-refractivity contribution in [3.63, 3.8) is 0 Å². The summed E-state index contributed by atoms with van der Waals surface area (Å²) in [4.78, 5) is 11.5. The molecule has 0 saturated carbocycles. The number of hydrogen-bond donors (Lipinski definition) is 1. The first-order valence-corrected chi connectivity index (χ1v) is 5.03. The van der Waals surface area contributed by atoms with Crippen molar-refractivity contribution in [2.75, 3.05) is 19.0 Å². The van der Waals surface area contributed by atoms with Crippen molar-refractivity contribution >= 4 is 11.8 Å². The minimum Gasteiger partial charge on any atom is -0.465 e. The molecule has 0 spiro atoms. The first-order valence-electron chi connectivity index (χ1n) is 5.03. The van der Waals surface area contributed by atoms with Crippen molar-refractivity contribution < 1.29 is 9.53 Å². The monoisotopic (exact) mass is 209 g/mol. The van der Waals surface area contributed by atoms with Crippen LogP contribution in [-0.2, 0) is 11.3 Å². The average Bonchev–Trinajstić information content (AvgIpc) is 2.52. The number of aryl methyl sites for hydroxylation is 1. The van der Waals surface area contributed by atoms with Crippen molar-refractivity contribution in [3.05, 3.63) is 11.3 Å². The third-order valence-corrected chi connectivity index (χ3v) is 2.62. The maximum atomic E-state index is 11.5. The van der Waals surface area contributed by atoms with Crippen molar-refractivity contribution in [2.24, 2.45) is 5.92 Å². The lowest BCUT2D eigenvalue weighted by Crippen LogP contribution is -2.26. The van der Waals surface area contributed by atoms with Crippen molar-refractivity contribution in [1.82, 2.24) is 9.78 Å². The fraction of sp³-hybridized carbons (Fsp3) is 0.600. The van der Waals surface area contributed by atoms with Gasteiger partial charge < -0.3 is 10.1 Å². The van der Waals surface area contributed by atoms with E-state index in [1.54, 1.807) is 0 Å². The van der Waals surface area contributed by atoms with Gasteiger partial charge in [-0.3, -0.25) is 0 Å². The molecule has 1 aliphatic rings. The van der Waals surface area contributed by atoms with Gasteiger partial charge in [-0.25, -0.2) is 9.48 Å². The van der Waals surface area contributed by atoms with Gasteiger partial charge in [0, 0.05) is 13.1 Å². The summed E-state index contributed by atoms with van der Waals surface area (Å²) < 4.78 is 6.58. The molecule has 0 radical (unpaired) electrons. The molecule has 2 heterocycles. The predicted molar refractivity (Wildman–Crippen MR) is 56.0 cm³/mol. The highest BCUT2D eigenvalue weighted by molar-refractivity contribution is 5.96. The zero-order valence-corrected chi connectivity index (χ0v) is 9.20. The molecule has 1 unspecified atom stereocenters. The normalized spacial score (nSPS) is 19.3. The Labute approximate surface area is 88.4 Å². The highest BCUT2D eigenvalue weighted by atomic mass is 16.5. The van der Waals surface area contributed by atoms with Gasteiger partial charge in [-0.2, -0.15) is 5.10 Å². The predicted octanol–water partition coefficient (Wildman–Crippen LogP) is 1.04. The molecule has 1 aromatic heterocycles. The van der Waals surface area contributed by atoms with E-state index in [0.717, 1.165) is 24.6 Å². The van der Waals surface area contributed by atoms with E-state index < -0.39 is 0 Å². The SMILES string of the molecule is COC(=O)c1c(C)nn2c1NCC(C)C2. The van der Waals surface area contributed by atoms with Crippen molar-refractivity contribution in [2.45, 2.75) is 20.4 Å². The molecule has 0 bridgehead atoms. The summed E-state index contributed by atoms with van der Waals surface area (Å²) in [5.41, 5.74) is 1.28. The van der Waals surface area contributed by atoms with Crippen molar-refractivity contribution in [3.8, 4) is 0 Å². The molecule has 5 nitrogen and oxygen atoms in total. The largest absolute Gasteiger partial charge is 0.465 e. The van der Waals surface area contributed by atoms with Gasteiger partial charge in [-0.15, -0.1) is 0 Å². The van der Waals surface area contributed by atoms with Gasteiger partial charge in [0.05, 0.1) is 12.8 Å². The van der Waals surface area contributed by atoms with E-state index in [0.29, 0.717) is 11.5 Å². The molecule has 0 aliphatic carbocycles. The second-order valence-corrected chi connectivity index (χ2v) is 3.97. The zero-order valence-electron chi connectivity index (χ0n) is 9.20. The third-order valence-electron chi connectivity index (χ3n) is 2.62. The highest BCUT2D eigenvalue weighted by Gasteiger charge is 2.25. The molecule has 1 aliphatic heterocycles. The van der Waals surface area contributed by atoms with E-state index in [2.05, 4.69) is 17.3 Å². The van der Waals surface area contributed by atoms with E-state index in [1.807, 2.05) is 11.6 Å². The molecule has 15 heavy (non-hydrogen) atoms. The lowest BCUT2D eigenvalue weighted by Gasteiger charge is -2.22. The molecule has 0 saturated heterocycles. The molecule has 0 aromatic carbocycles. The number of hydrogen-bond acceptors (Lipinski definition) is 4. The number of ether oxygens (including phenoxy) is 1. The summed E-state index contributed by atoms with van der Waals surface area (Å²) in [7, 11) is 1.39. The van der Waals surface area contributed by atoms with Crippen LogP contribution in [-0.4, -0.2) is 29.4 Å². The van der Waals surface area contributed by atoms with E-state index >= 15 is 0 Å². The van der Waals surface area contributed by atoms with Crippen LogP contribution in [0.4, 0.5) is 5.82 Å². The van der Waals surface area contributed by atoms with Gasteiger partial charge in [-0.1, -0.05) is 6.92 Å². The quantitative estimate of drug-likeness (QED) is 0.702. The number of nitrogens with zero attached hydrogens (tertiary/aromatic N) is 2. The van der Waals surface area contributed by atoms with E-state index in [1.165, 1.54) is 7.11 Å². The molecular weight excluding hydrogens is 194 g/mol. The Hall–Kier alpha value is -1.52. The lowest BCUT2D eigenvalue weighted by atomic mass is 10.1. The number of aromatic nitrogens is 2. The van der Waals surface area contributed by atoms with E-state index in [9.17, 15) is 4.79 Å². The van der Waals surface area contributed by atoms with Gasteiger partial charge in [0.15, 0.2) is 0 Å². The van der Waals surface area contributed by atoms with Crippen LogP contribution < -0.4 is 5.32 Å². The van der Waals surface area contributed by atoms with Crippen LogP contribution in [0.15, 0.2) is 0 Å². The number of esters is 1. The molecule has 5 heteroatoms. The number of methoxy groups -OCH3 is 1. The Morgan fingerprint density at radius 2 is 2.40 bits per heavy atom. The van der Waals surface area contributed by atoms with Gasteiger partial charge in [0.2, 0.25) is 0 Å². The summed E-state index contributed by atoms with van der Waals surface area (Å²) in [5.74, 6) is 0.996. The number of fused-ring (bicyclic) bond motifs is 1. The third kappa shape index (κ3) is 1.58. The Morgan fingerprint density at radius 1 is 1.67 bits per heavy atom. The Morgan fingerprint density at radius 3 is 3.07 bits per heavy atom. The standard InChI is InChI=1S/C10H15N3O2/c1-6-4-11-9-8(10(14)15-3)7(2)12-13(9)5-6/h6,11H,4-5H2,1-3H3. The molecule has 1 N–H and O–H groups in total. The average molecular weight is 209 g/mol. The Kier molecular flexibility index (Phi) is 2.38. The summed E-state index contributed by atoms with van der Waals surface area (Å²) in [6.45, 7) is 5.68. The summed E-state index contributed by atoms with van der Waals surface area (Å²) >= 11 is 0. The van der Waals surface area contributed by atoms with E-state index in [-0.39, 0.29) is 5.97 Å². The smallest absolute Gasteiger partial charge is 0.343 e. The van der Waals surface area contributed by atoms with Gasteiger partial charge in [0.1, 0.15) is 11.4 Å². The van der Waals surface area contributed by atoms with Crippen LogP contribution in [0.25, 0.3) is 0 Å². The first-order chi connectivity index (χ1) is 7.13. The van der Waals surface area contributed by atoms with Gasteiger partial charge in [-0.05, 0) is 12.8 Å². The fourth-order valence-corrected chi connectivity index (χ4v) is 1.87. The number of carbonyl (C=O) groups excluding carboxylic acids is 1. The van der Waals surface area contributed by atoms with Crippen LogP contribution in [0.5, 0.6) is 0 Å². The number of anilines is 1. The van der Waals surface area contributed by atoms with E-state index in [4.69, 9.17) is 4.74 Å². The number of rotatable bonds is 1. The minimum absolute atomic E-state index is 0.323. The zero-order chi connectivity index (χ0) is 11.0. The van der Waals surface area contributed by atoms with Gasteiger partial charge in [0.25, 0.3) is 0 Å². The lowest BCUT2D eigenvalue weighted by molar-refractivity contribution is 0.0601. The molecule has 2 rings (SSSR count). The highest BCUT2D eigenvalue weighted by Crippen LogP contribution is 2.25. The van der Waals surface area contributed by atoms with Crippen LogP contribution in [0.3, 0.4) is 0 Å². The molecule has 0 amide bonds. The molecule has 0 fully saturated rings. The number of carbonyl (C=O) groups is 1. The molecule has 82 valence electrons. The fourth-order valence-electron chi connectivity index (χ4n) is 1.87. The van der Waals surface area contributed by atoms with Crippen LogP contribution in [0.2, 0.25) is 0 Å². The number of nitrogens with one attached hydrogen (secondary N) is 1. The first kappa shape index (κ1) is 10.0. The Balaban J connectivity index is 2.44. The summed E-state index contributed by atoms with van der Waals surface area (Å²) in [6, 6.07) is 0. The maximum absolute atomic E-state index is 11.5. The maximum Gasteiger partial charge on any atom is 0.343 e. The van der Waals surface area contributed by atoms with Gasteiger partial charge >= 0.3 is 5.97 Å². The van der Waals surface area contributed by atoms with Crippen LogP contribution in [0.1, 0.15) is 23.0 Å². The molecule has 1 atom stereocenters. The summed E-state index contributed by atoms with van der Waals surface area (Å²) in [5, 5.41) is 7.54. The second-order valence-electron chi connectivity index (χ2n) is 3.97. The summed E-state index contributed by atoms with van der Waals surface area (Å²) in [6.07, 6.45) is 0. The van der Waals surface area contributed by atoms with Crippen LogP contribution in [0, 0.1) is 12.8 Å². The van der Waals surface area contributed by atoms with Crippen LogP contribution >= 0.6 is 0 Å².